The number of nitrogens with one attached hydrogen (secondary N) is 1. The van der Waals surface area contributed by atoms with E-state index >= 15 is 0 Å². The van der Waals surface area contributed by atoms with Crippen molar-refractivity contribution in [3.63, 3.8) is 0 Å². The topological polar surface area (TPSA) is 29.1 Å². The van der Waals surface area contributed by atoms with Gasteiger partial charge in [0.1, 0.15) is 0 Å². The minimum atomic E-state index is 0.101. The van der Waals surface area contributed by atoms with Crippen LogP contribution in [0.1, 0.15) is 40.8 Å². The fourth-order valence-corrected chi connectivity index (χ4v) is 4.59. The molecule has 4 rings (SSSR count). The summed E-state index contributed by atoms with van der Waals surface area (Å²) in [6.45, 7) is 4.25. The Kier molecular flexibility index (Phi) is 4.18. The van der Waals surface area contributed by atoms with Gasteiger partial charge < -0.3 is 5.32 Å². The summed E-state index contributed by atoms with van der Waals surface area (Å²) in [5, 5.41) is 5.29. The first-order chi connectivity index (χ1) is 12.2. The van der Waals surface area contributed by atoms with Gasteiger partial charge in [-0.15, -0.1) is 11.3 Å². The monoisotopic (exact) mass is 347 g/mol. The quantitative estimate of drug-likeness (QED) is 0.641. The number of anilines is 1. The molecule has 1 N–H and O–H groups in total. The van der Waals surface area contributed by atoms with E-state index < -0.39 is 0 Å². The maximum absolute atomic E-state index is 12.4. The van der Waals surface area contributed by atoms with Crippen LogP contribution >= 0.6 is 11.3 Å². The third-order valence-corrected chi connectivity index (χ3v) is 6.04. The summed E-state index contributed by atoms with van der Waals surface area (Å²) in [5.74, 6) is 0.252. The van der Waals surface area contributed by atoms with Crippen LogP contribution in [0.3, 0.4) is 0 Å². The molecular formula is C22H21NOS. The van der Waals surface area contributed by atoms with Crippen molar-refractivity contribution in [2.24, 2.45) is 0 Å². The van der Waals surface area contributed by atoms with Crippen LogP contribution in [0.15, 0.2) is 53.9 Å². The van der Waals surface area contributed by atoms with E-state index in [9.17, 15) is 4.79 Å². The van der Waals surface area contributed by atoms with E-state index in [2.05, 4.69) is 73.1 Å². The predicted octanol–water partition coefficient (Wildman–Crippen LogP) is 5.76. The standard InChI is InChI=1S/C22H21NOS/c1-3-15-6-10-16(11-7-15)18-12-20(24)23-21-19(13-25-22(18)21)17-8-4-14(2)5-9-17/h4-11,13,18H,3,12H2,1-2H3,(H,23,24)/t18-/m1/s1. The summed E-state index contributed by atoms with van der Waals surface area (Å²) >= 11 is 1.75. The SMILES string of the molecule is CCc1ccc([C@H]2CC(=O)Nc3c(-c4ccc(C)cc4)csc32)cc1. The van der Waals surface area contributed by atoms with E-state index in [4.69, 9.17) is 0 Å². The number of aryl methyl sites for hydroxylation is 2. The highest BCUT2D eigenvalue weighted by atomic mass is 32.1. The maximum atomic E-state index is 12.4. The van der Waals surface area contributed by atoms with Gasteiger partial charge in [-0.2, -0.15) is 0 Å². The van der Waals surface area contributed by atoms with Gasteiger partial charge >= 0.3 is 0 Å². The zero-order valence-corrected chi connectivity index (χ0v) is 15.3. The zero-order valence-electron chi connectivity index (χ0n) is 14.5. The lowest BCUT2D eigenvalue weighted by molar-refractivity contribution is -0.116. The lowest BCUT2D eigenvalue weighted by Gasteiger charge is -2.24. The first-order valence-electron chi connectivity index (χ1n) is 8.73. The number of carbonyl (C=O) groups is 1. The summed E-state index contributed by atoms with van der Waals surface area (Å²) in [6.07, 6.45) is 1.56. The second-order valence-corrected chi connectivity index (χ2v) is 7.57. The van der Waals surface area contributed by atoms with Gasteiger partial charge in [0.25, 0.3) is 0 Å². The molecule has 3 heteroatoms. The second-order valence-electron chi connectivity index (χ2n) is 6.65. The fourth-order valence-electron chi connectivity index (χ4n) is 3.43. The number of rotatable bonds is 3. The molecule has 1 aliphatic rings. The Labute approximate surface area is 152 Å². The van der Waals surface area contributed by atoms with Crippen molar-refractivity contribution in [3.8, 4) is 11.1 Å². The van der Waals surface area contributed by atoms with Crippen molar-refractivity contribution >= 4 is 22.9 Å². The van der Waals surface area contributed by atoms with Gasteiger partial charge in [-0.3, -0.25) is 4.79 Å². The lowest BCUT2D eigenvalue weighted by Crippen LogP contribution is -2.22. The molecule has 3 aromatic rings. The Hall–Kier alpha value is -2.39. The van der Waals surface area contributed by atoms with Crippen molar-refractivity contribution in [3.05, 3.63) is 75.5 Å². The minimum absolute atomic E-state index is 0.101. The van der Waals surface area contributed by atoms with Gasteiger partial charge in [-0.25, -0.2) is 0 Å². The Bertz CT molecular complexity index is 906. The highest BCUT2D eigenvalue weighted by Crippen LogP contribution is 2.46. The van der Waals surface area contributed by atoms with Crippen molar-refractivity contribution in [1.82, 2.24) is 0 Å². The van der Waals surface area contributed by atoms with E-state index in [0.29, 0.717) is 6.42 Å². The summed E-state index contributed by atoms with van der Waals surface area (Å²) < 4.78 is 0. The second kappa shape index (κ2) is 6.49. The molecule has 126 valence electrons. The fraction of sp³-hybridized carbons (Fsp3) is 0.227. The van der Waals surface area contributed by atoms with Gasteiger partial charge in [0.15, 0.2) is 0 Å². The Morgan fingerprint density at radius 2 is 1.80 bits per heavy atom. The molecule has 0 bridgehead atoms. The largest absolute Gasteiger partial charge is 0.325 e. The molecule has 1 atom stereocenters. The molecule has 2 aromatic carbocycles. The minimum Gasteiger partial charge on any atom is -0.325 e. The zero-order chi connectivity index (χ0) is 17.4. The van der Waals surface area contributed by atoms with Crippen LogP contribution in [0.2, 0.25) is 0 Å². The van der Waals surface area contributed by atoms with Crippen molar-refractivity contribution in [2.75, 3.05) is 5.32 Å². The lowest BCUT2D eigenvalue weighted by atomic mass is 9.88. The maximum Gasteiger partial charge on any atom is 0.225 e. The van der Waals surface area contributed by atoms with Gasteiger partial charge in [0.05, 0.1) is 5.69 Å². The molecule has 2 nitrogen and oxygen atoms in total. The normalized spacial score (nSPS) is 16.4. The smallest absolute Gasteiger partial charge is 0.225 e. The Morgan fingerprint density at radius 3 is 2.48 bits per heavy atom. The molecule has 1 amide bonds. The summed E-state index contributed by atoms with van der Waals surface area (Å²) in [6, 6.07) is 17.2. The molecule has 1 aromatic heterocycles. The van der Waals surface area contributed by atoms with E-state index in [1.807, 2.05) is 0 Å². The number of hydrogen-bond donors (Lipinski definition) is 1. The molecule has 25 heavy (non-hydrogen) atoms. The summed E-state index contributed by atoms with van der Waals surface area (Å²) in [7, 11) is 0. The highest BCUT2D eigenvalue weighted by molar-refractivity contribution is 7.11. The number of amides is 1. The van der Waals surface area contributed by atoms with Crippen LogP contribution in [0.4, 0.5) is 5.69 Å². The average Bonchev–Trinajstić information content (AvgIpc) is 3.05. The first-order valence-corrected chi connectivity index (χ1v) is 9.60. The van der Waals surface area contributed by atoms with Gasteiger partial charge in [0.2, 0.25) is 5.91 Å². The van der Waals surface area contributed by atoms with Gasteiger partial charge in [-0.1, -0.05) is 61.0 Å². The van der Waals surface area contributed by atoms with Gasteiger partial charge in [0, 0.05) is 28.2 Å². The molecule has 2 heterocycles. The van der Waals surface area contributed by atoms with Crippen LogP contribution in [-0.2, 0) is 11.2 Å². The third-order valence-electron chi connectivity index (χ3n) is 4.94. The first kappa shape index (κ1) is 16.1. The van der Waals surface area contributed by atoms with Crippen molar-refractivity contribution in [2.45, 2.75) is 32.6 Å². The number of fused-ring (bicyclic) bond motifs is 1. The predicted molar refractivity (Wildman–Crippen MR) is 105 cm³/mol. The van der Waals surface area contributed by atoms with E-state index in [0.717, 1.165) is 23.2 Å². The van der Waals surface area contributed by atoms with E-state index in [-0.39, 0.29) is 11.8 Å². The Morgan fingerprint density at radius 1 is 1.08 bits per heavy atom. The van der Waals surface area contributed by atoms with Crippen LogP contribution < -0.4 is 5.32 Å². The molecule has 0 fully saturated rings. The number of thiophene rings is 1. The third kappa shape index (κ3) is 3.00. The van der Waals surface area contributed by atoms with Crippen molar-refractivity contribution in [1.29, 1.82) is 0 Å². The molecular weight excluding hydrogens is 326 g/mol. The Balaban J connectivity index is 1.76. The molecule has 0 spiro atoms. The van der Waals surface area contributed by atoms with Crippen molar-refractivity contribution < 1.29 is 4.79 Å². The highest BCUT2D eigenvalue weighted by Gasteiger charge is 2.30. The van der Waals surface area contributed by atoms with Crippen LogP contribution in [0.5, 0.6) is 0 Å². The molecule has 0 aliphatic carbocycles. The van der Waals surface area contributed by atoms with Crippen LogP contribution in [0.25, 0.3) is 11.1 Å². The molecule has 0 saturated carbocycles. The average molecular weight is 347 g/mol. The molecule has 0 unspecified atom stereocenters. The molecule has 0 saturated heterocycles. The summed E-state index contributed by atoms with van der Waals surface area (Å²) in [5.41, 5.74) is 7.08. The van der Waals surface area contributed by atoms with E-state index in [1.54, 1.807) is 11.3 Å². The van der Waals surface area contributed by atoms with E-state index in [1.165, 1.54) is 21.6 Å². The van der Waals surface area contributed by atoms with Gasteiger partial charge in [-0.05, 0) is 30.0 Å². The molecule has 1 aliphatic heterocycles. The summed E-state index contributed by atoms with van der Waals surface area (Å²) in [4.78, 5) is 13.6. The molecule has 0 radical (unpaired) electrons. The number of carbonyl (C=O) groups excluding carboxylic acids is 1. The number of hydrogen-bond acceptors (Lipinski definition) is 2. The number of benzene rings is 2. The van der Waals surface area contributed by atoms with Crippen LogP contribution in [0, 0.1) is 6.92 Å². The van der Waals surface area contributed by atoms with Crippen LogP contribution in [-0.4, -0.2) is 5.91 Å².